The molecular weight excluding hydrogens is 190 g/mol. The van der Waals surface area contributed by atoms with Gasteiger partial charge < -0.3 is 15.6 Å². The van der Waals surface area contributed by atoms with E-state index in [1.807, 2.05) is 31.2 Å². The van der Waals surface area contributed by atoms with E-state index in [2.05, 4.69) is 6.58 Å². The topological polar surface area (TPSA) is 55.5 Å². The van der Waals surface area contributed by atoms with Gasteiger partial charge in [-0.1, -0.05) is 18.7 Å². The summed E-state index contributed by atoms with van der Waals surface area (Å²) in [4.78, 5) is 0. The van der Waals surface area contributed by atoms with Crippen LogP contribution in [0.4, 0.5) is 0 Å². The van der Waals surface area contributed by atoms with Crippen molar-refractivity contribution in [3.05, 3.63) is 42.0 Å². The van der Waals surface area contributed by atoms with Crippen molar-refractivity contribution >= 4 is 0 Å². The van der Waals surface area contributed by atoms with E-state index < -0.39 is 0 Å². The summed E-state index contributed by atoms with van der Waals surface area (Å²) in [6.07, 6.45) is 0. The van der Waals surface area contributed by atoms with Crippen molar-refractivity contribution in [3.8, 4) is 5.75 Å². The van der Waals surface area contributed by atoms with Crippen molar-refractivity contribution < 1.29 is 9.84 Å². The average molecular weight is 207 g/mol. The van der Waals surface area contributed by atoms with Gasteiger partial charge in [-0.15, -0.1) is 0 Å². The predicted molar refractivity (Wildman–Crippen MR) is 60.8 cm³/mol. The summed E-state index contributed by atoms with van der Waals surface area (Å²) >= 11 is 0. The van der Waals surface area contributed by atoms with Gasteiger partial charge in [-0.3, -0.25) is 0 Å². The Balaban J connectivity index is 2.69. The van der Waals surface area contributed by atoms with E-state index in [1.54, 1.807) is 0 Å². The fourth-order valence-electron chi connectivity index (χ4n) is 1.15. The zero-order valence-electron chi connectivity index (χ0n) is 8.94. The molecule has 0 saturated heterocycles. The number of aliphatic hydroxyl groups excluding tert-OH is 1. The standard InChI is InChI=1S/C12H17NO2/c1-9(2)8-15-11-5-3-4-10(6-11)12(13)7-14/h3-6,12,14H,1,7-8,13H2,2H3. The second-order valence-electron chi connectivity index (χ2n) is 3.61. The molecule has 82 valence electrons. The fraction of sp³-hybridized carbons (Fsp3) is 0.333. The first kappa shape index (κ1) is 11.8. The molecule has 0 aliphatic heterocycles. The highest BCUT2D eigenvalue weighted by Gasteiger charge is 2.04. The predicted octanol–water partition coefficient (Wildman–Crippen LogP) is 1.63. The Kier molecular flexibility index (Phi) is 4.34. The first-order valence-electron chi connectivity index (χ1n) is 4.87. The van der Waals surface area contributed by atoms with E-state index in [0.717, 1.165) is 16.9 Å². The summed E-state index contributed by atoms with van der Waals surface area (Å²) in [5.41, 5.74) is 7.53. The fourth-order valence-corrected chi connectivity index (χ4v) is 1.15. The van der Waals surface area contributed by atoms with Crippen LogP contribution in [0.25, 0.3) is 0 Å². The number of aliphatic hydroxyl groups is 1. The van der Waals surface area contributed by atoms with Crippen LogP contribution in [-0.4, -0.2) is 18.3 Å². The molecule has 1 atom stereocenters. The molecule has 15 heavy (non-hydrogen) atoms. The van der Waals surface area contributed by atoms with Gasteiger partial charge in [-0.2, -0.15) is 0 Å². The van der Waals surface area contributed by atoms with Gasteiger partial charge in [0.05, 0.1) is 12.6 Å². The lowest BCUT2D eigenvalue weighted by molar-refractivity contribution is 0.267. The number of rotatable bonds is 5. The number of hydrogen-bond donors (Lipinski definition) is 2. The van der Waals surface area contributed by atoms with Crippen LogP contribution in [-0.2, 0) is 0 Å². The van der Waals surface area contributed by atoms with Crippen LogP contribution in [0.2, 0.25) is 0 Å². The normalized spacial score (nSPS) is 12.2. The largest absolute Gasteiger partial charge is 0.489 e. The molecule has 0 heterocycles. The molecule has 0 bridgehead atoms. The zero-order chi connectivity index (χ0) is 11.3. The number of nitrogens with two attached hydrogens (primary N) is 1. The molecule has 1 aromatic rings. The monoisotopic (exact) mass is 207 g/mol. The SMILES string of the molecule is C=C(C)COc1cccc(C(N)CO)c1. The van der Waals surface area contributed by atoms with Crippen LogP contribution < -0.4 is 10.5 Å². The van der Waals surface area contributed by atoms with Crippen LogP contribution in [0.1, 0.15) is 18.5 Å². The molecule has 3 nitrogen and oxygen atoms in total. The molecule has 3 N–H and O–H groups in total. The Bertz CT molecular complexity index is 336. The Hall–Kier alpha value is -1.32. The van der Waals surface area contributed by atoms with Crippen LogP contribution in [0.15, 0.2) is 36.4 Å². The van der Waals surface area contributed by atoms with Crippen LogP contribution >= 0.6 is 0 Å². The van der Waals surface area contributed by atoms with Crippen molar-refractivity contribution in [2.24, 2.45) is 5.73 Å². The lowest BCUT2D eigenvalue weighted by atomic mass is 10.1. The van der Waals surface area contributed by atoms with Crippen LogP contribution in [0, 0.1) is 0 Å². The molecule has 0 fully saturated rings. The van der Waals surface area contributed by atoms with E-state index >= 15 is 0 Å². The molecular formula is C12H17NO2. The third kappa shape index (κ3) is 3.73. The van der Waals surface area contributed by atoms with E-state index in [4.69, 9.17) is 15.6 Å². The first-order valence-corrected chi connectivity index (χ1v) is 4.87. The minimum absolute atomic E-state index is 0.0655. The van der Waals surface area contributed by atoms with E-state index in [0.29, 0.717) is 6.61 Å². The van der Waals surface area contributed by atoms with Gasteiger partial charge in [-0.25, -0.2) is 0 Å². The van der Waals surface area contributed by atoms with Gasteiger partial charge in [0.25, 0.3) is 0 Å². The van der Waals surface area contributed by atoms with Crippen molar-refractivity contribution in [1.82, 2.24) is 0 Å². The Morgan fingerprint density at radius 2 is 2.33 bits per heavy atom. The van der Waals surface area contributed by atoms with Gasteiger partial charge in [0, 0.05) is 0 Å². The maximum Gasteiger partial charge on any atom is 0.120 e. The van der Waals surface area contributed by atoms with Crippen molar-refractivity contribution in [3.63, 3.8) is 0 Å². The Morgan fingerprint density at radius 1 is 1.60 bits per heavy atom. The zero-order valence-corrected chi connectivity index (χ0v) is 8.94. The molecule has 0 aliphatic rings. The average Bonchev–Trinajstić information content (AvgIpc) is 2.25. The quantitative estimate of drug-likeness (QED) is 0.721. The number of hydrogen-bond acceptors (Lipinski definition) is 3. The summed E-state index contributed by atoms with van der Waals surface area (Å²) in [5.74, 6) is 0.749. The summed E-state index contributed by atoms with van der Waals surface area (Å²) in [7, 11) is 0. The first-order chi connectivity index (χ1) is 7.13. The maximum atomic E-state index is 8.92. The van der Waals surface area contributed by atoms with Crippen molar-refractivity contribution in [2.75, 3.05) is 13.2 Å². The summed E-state index contributed by atoms with van der Waals surface area (Å²) in [6, 6.07) is 7.08. The number of benzene rings is 1. The maximum absolute atomic E-state index is 8.92. The minimum atomic E-state index is -0.349. The third-order valence-electron chi connectivity index (χ3n) is 1.97. The summed E-state index contributed by atoms with van der Waals surface area (Å²) in [6.45, 7) is 6.09. The van der Waals surface area contributed by atoms with Gasteiger partial charge in [0.1, 0.15) is 12.4 Å². The lowest BCUT2D eigenvalue weighted by Crippen LogP contribution is -2.14. The lowest BCUT2D eigenvalue weighted by Gasteiger charge is -2.11. The molecule has 0 spiro atoms. The molecule has 1 aromatic carbocycles. The number of ether oxygens (including phenoxy) is 1. The molecule has 0 aromatic heterocycles. The van der Waals surface area contributed by atoms with Crippen LogP contribution in [0.5, 0.6) is 5.75 Å². The van der Waals surface area contributed by atoms with Gasteiger partial charge >= 0.3 is 0 Å². The molecule has 1 unspecified atom stereocenters. The molecule has 0 amide bonds. The minimum Gasteiger partial charge on any atom is -0.489 e. The summed E-state index contributed by atoms with van der Waals surface area (Å²) in [5, 5.41) is 8.92. The van der Waals surface area contributed by atoms with E-state index in [1.165, 1.54) is 0 Å². The van der Waals surface area contributed by atoms with Gasteiger partial charge in [0.15, 0.2) is 0 Å². The molecule has 0 aliphatic carbocycles. The molecule has 0 saturated carbocycles. The van der Waals surface area contributed by atoms with Gasteiger partial charge in [-0.05, 0) is 30.2 Å². The molecule has 3 heteroatoms. The highest BCUT2D eigenvalue weighted by atomic mass is 16.5. The van der Waals surface area contributed by atoms with E-state index in [-0.39, 0.29) is 12.6 Å². The Morgan fingerprint density at radius 3 is 2.93 bits per heavy atom. The summed E-state index contributed by atoms with van der Waals surface area (Å²) < 4.78 is 5.47. The highest BCUT2D eigenvalue weighted by molar-refractivity contribution is 5.30. The third-order valence-corrected chi connectivity index (χ3v) is 1.97. The second-order valence-corrected chi connectivity index (χ2v) is 3.61. The second kappa shape index (κ2) is 5.53. The van der Waals surface area contributed by atoms with Gasteiger partial charge in [0.2, 0.25) is 0 Å². The van der Waals surface area contributed by atoms with Crippen LogP contribution in [0.3, 0.4) is 0 Å². The smallest absolute Gasteiger partial charge is 0.120 e. The van der Waals surface area contributed by atoms with Crippen molar-refractivity contribution in [2.45, 2.75) is 13.0 Å². The van der Waals surface area contributed by atoms with Crippen molar-refractivity contribution in [1.29, 1.82) is 0 Å². The molecule has 0 radical (unpaired) electrons. The highest BCUT2D eigenvalue weighted by Crippen LogP contribution is 2.17. The van der Waals surface area contributed by atoms with E-state index in [9.17, 15) is 0 Å². The Labute approximate surface area is 90.2 Å². The molecule has 1 rings (SSSR count).